The van der Waals surface area contributed by atoms with Crippen LogP contribution < -0.4 is 0 Å². The highest BCUT2D eigenvalue weighted by Gasteiger charge is 2.35. The predicted molar refractivity (Wildman–Crippen MR) is 92.2 cm³/mol. The minimum absolute atomic E-state index is 0.216. The summed E-state index contributed by atoms with van der Waals surface area (Å²) in [6.07, 6.45) is 2.27. The number of rotatable bonds is 5. The molecule has 130 valence electrons. The van der Waals surface area contributed by atoms with E-state index in [1.165, 1.54) is 5.01 Å². The van der Waals surface area contributed by atoms with Crippen molar-refractivity contribution in [3.05, 3.63) is 59.0 Å². The van der Waals surface area contributed by atoms with Crippen molar-refractivity contribution in [2.24, 2.45) is 5.10 Å². The summed E-state index contributed by atoms with van der Waals surface area (Å²) in [6, 6.07) is 10.4. The molecule has 7 heteroatoms. The Labute approximate surface area is 150 Å². The summed E-state index contributed by atoms with van der Waals surface area (Å²) in [7, 11) is 0. The second-order valence-corrected chi connectivity index (χ2v) is 5.98. The normalized spacial score (nSPS) is 16.6. The standard InChI is InChI=1S/C18H17ClN2O4/c1-2-18(23)25-11-17(22)21-15(16-4-3-9-24-16)10-14(20-21)12-5-7-13(19)8-6-12/h3-9,15H,2,10-11H2,1H3/t15-/m0/s1. The van der Waals surface area contributed by atoms with Gasteiger partial charge in [0.05, 0.1) is 12.0 Å². The zero-order valence-electron chi connectivity index (χ0n) is 13.6. The van der Waals surface area contributed by atoms with Gasteiger partial charge in [0, 0.05) is 17.9 Å². The van der Waals surface area contributed by atoms with Crippen LogP contribution in [0.25, 0.3) is 0 Å². The van der Waals surface area contributed by atoms with Crippen LogP contribution in [0, 0.1) is 0 Å². The number of hydrazone groups is 1. The number of carbonyl (C=O) groups is 2. The van der Waals surface area contributed by atoms with Crippen LogP contribution in [0.15, 0.2) is 52.2 Å². The number of halogens is 1. The lowest BCUT2D eigenvalue weighted by atomic mass is 10.0. The highest BCUT2D eigenvalue weighted by Crippen LogP contribution is 2.33. The molecule has 0 saturated heterocycles. The molecule has 0 unspecified atom stereocenters. The highest BCUT2D eigenvalue weighted by molar-refractivity contribution is 6.30. The summed E-state index contributed by atoms with van der Waals surface area (Å²) >= 11 is 5.92. The Balaban J connectivity index is 1.83. The van der Waals surface area contributed by atoms with Crippen LogP contribution in [-0.4, -0.2) is 29.2 Å². The summed E-state index contributed by atoms with van der Waals surface area (Å²) in [5.74, 6) is -0.195. The van der Waals surface area contributed by atoms with Gasteiger partial charge in [0.1, 0.15) is 11.8 Å². The maximum absolute atomic E-state index is 12.5. The molecule has 0 spiro atoms. The fraction of sp³-hybridized carbons (Fsp3) is 0.278. The minimum atomic E-state index is -0.427. The summed E-state index contributed by atoms with van der Waals surface area (Å²) in [4.78, 5) is 23.8. The van der Waals surface area contributed by atoms with Crippen LogP contribution in [0.3, 0.4) is 0 Å². The lowest BCUT2D eigenvalue weighted by Crippen LogP contribution is -2.31. The second kappa shape index (κ2) is 7.53. The molecule has 3 rings (SSSR count). The van der Waals surface area contributed by atoms with Gasteiger partial charge in [-0.25, -0.2) is 5.01 Å². The number of hydrogen-bond acceptors (Lipinski definition) is 5. The molecule has 1 aromatic carbocycles. The van der Waals surface area contributed by atoms with Gasteiger partial charge in [-0.2, -0.15) is 5.10 Å². The van der Waals surface area contributed by atoms with Crippen molar-refractivity contribution < 1.29 is 18.7 Å². The number of ether oxygens (including phenoxy) is 1. The van der Waals surface area contributed by atoms with E-state index in [1.807, 2.05) is 12.1 Å². The Kier molecular flexibility index (Phi) is 5.19. The predicted octanol–water partition coefficient (Wildman–Crippen LogP) is 3.56. The van der Waals surface area contributed by atoms with Gasteiger partial charge in [-0.15, -0.1) is 0 Å². The third-order valence-corrected chi connectivity index (χ3v) is 4.11. The summed E-state index contributed by atoms with van der Waals surface area (Å²) in [6.45, 7) is 1.33. The van der Waals surface area contributed by atoms with Crippen molar-refractivity contribution in [1.29, 1.82) is 0 Å². The molecule has 25 heavy (non-hydrogen) atoms. The number of carbonyl (C=O) groups excluding carboxylic acids is 2. The average Bonchev–Trinajstić information content (AvgIpc) is 3.29. The summed E-state index contributed by atoms with van der Waals surface area (Å²) in [5, 5.41) is 6.39. The molecule has 0 N–H and O–H groups in total. The fourth-order valence-electron chi connectivity index (χ4n) is 2.57. The van der Waals surface area contributed by atoms with E-state index in [1.54, 1.807) is 37.5 Å². The Morgan fingerprint density at radius 3 is 2.72 bits per heavy atom. The Morgan fingerprint density at radius 1 is 1.32 bits per heavy atom. The van der Waals surface area contributed by atoms with E-state index in [0.29, 0.717) is 17.2 Å². The van der Waals surface area contributed by atoms with Crippen molar-refractivity contribution in [2.75, 3.05) is 6.61 Å². The topological polar surface area (TPSA) is 72.1 Å². The van der Waals surface area contributed by atoms with Gasteiger partial charge < -0.3 is 9.15 Å². The van der Waals surface area contributed by atoms with E-state index in [-0.39, 0.29) is 19.1 Å². The molecule has 2 aromatic rings. The first-order valence-electron chi connectivity index (χ1n) is 7.93. The SMILES string of the molecule is CCC(=O)OCC(=O)N1N=C(c2ccc(Cl)cc2)C[C@H]1c1ccco1. The Bertz CT molecular complexity index is 784. The molecular formula is C18H17ClN2O4. The van der Waals surface area contributed by atoms with Gasteiger partial charge >= 0.3 is 5.97 Å². The Hall–Kier alpha value is -2.60. The maximum atomic E-state index is 12.5. The molecule has 1 amide bonds. The molecule has 0 fully saturated rings. The van der Waals surface area contributed by atoms with E-state index in [2.05, 4.69) is 5.10 Å². The van der Waals surface area contributed by atoms with Crippen LogP contribution in [0.2, 0.25) is 5.02 Å². The third kappa shape index (κ3) is 3.91. The molecular weight excluding hydrogens is 344 g/mol. The average molecular weight is 361 g/mol. The molecule has 0 saturated carbocycles. The van der Waals surface area contributed by atoms with Crippen LogP contribution in [0.1, 0.15) is 37.1 Å². The monoisotopic (exact) mass is 360 g/mol. The third-order valence-electron chi connectivity index (χ3n) is 3.86. The highest BCUT2D eigenvalue weighted by atomic mass is 35.5. The van der Waals surface area contributed by atoms with Gasteiger partial charge in [0.15, 0.2) is 6.61 Å². The van der Waals surface area contributed by atoms with E-state index in [0.717, 1.165) is 11.3 Å². The number of amides is 1. The fourth-order valence-corrected chi connectivity index (χ4v) is 2.70. The van der Waals surface area contributed by atoms with Gasteiger partial charge in [-0.05, 0) is 29.8 Å². The molecule has 1 aliphatic heterocycles. The van der Waals surface area contributed by atoms with Gasteiger partial charge in [-0.3, -0.25) is 9.59 Å². The minimum Gasteiger partial charge on any atom is -0.467 e. The smallest absolute Gasteiger partial charge is 0.306 e. The first-order chi connectivity index (χ1) is 12.1. The van der Waals surface area contributed by atoms with Crippen LogP contribution in [0.4, 0.5) is 0 Å². The molecule has 0 radical (unpaired) electrons. The van der Waals surface area contributed by atoms with E-state index >= 15 is 0 Å². The van der Waals surface area contributed by atoms with Gasteiger partial charge in [-0.1, -0.05) is 30.7 Å². The lowest BCUT2D eigenvalue weighted by molar-refractivity contribution is -0.152. The van der Waals surface area contributed by atoms with Crippen LogP contribution in [-0.2, 0) is 14.3 Å². The van der Waals surface area contributed by atoms with Crippen LogP contribution in [0.5, 0.6) is 0 Å². The van der Waals surface area contributed by atoms with E-state index in [9.17, 15) is 9.59 Å². The zero-order valence-corrected chi connectivity index (χ0v) is 14.4. The molecule has 0 aliphatic carbocycles. The molecule has 6 nitrogen and oxygen atoms in total. The first kappa shape index (κ1) is 17.2. The van der Waals surface area contributed by atoms with Crippen molar-refractivity contribution in [1.82, 2.24) is 5.01 Å². The number of furan rings is 1. The molecule has 1 aromatic heterocycles. The zero-order chi connectivity index (χ0) is 17.8. The van der Waals surface area contributed by atoms with Crippen molar-refractivity contribution in [3.8, 4) is 0 Å². The van der Waals surface area contributed by atoms with Crippen molar-refractivity contribution in [2.45, 2.75) is 25.8 Å². The Morgan fingerprint density at radius 2 is 2.08 bits per heavy atom. The first-order valence-corrected chi connectivity index (χ1v) is 8.30. The van der Waals surface area contributed by atoms with E-state index < -0.39 is 11.9 Å². The van der Waals surface area contributed by atoms with Crippen molar-refractivity contribution >= 4 is 29.2 Å². The lowest BCUT2D eigenvalue weighted by Gasteiger charge is -2.19. The number of hydrogen-bond donors (Lipinski definition) is 0. The van der Waals surface area contributed by atoms with Crippen LogP contribution >= 0.6 is 11.6 Å². The van der Waals surface area contributed by atoms with Gasteiger partial charge in [0.25, 0.3) is 5.91 Å². The van der Waals surface area contributed by atoms with Crippen molar-refractivity contribution in [3.63, 3.8) is 0 Å². The quantitative estimate of drug-likeness (QED) is 0.764. The van der Waals surface area contributed by atoms with E-state index in [4.69, 9.17) is 20.8 Å². The molecule has 2 heterocycles. The second-order valence-electron chi connectivity index (χ2n) is 5.54. The maximum Gasteiger partial charge on any atom is 0.306 e. The molecule has 0 bridgehead atoms. The number of esters is 1. The largest absolute Gasteiger partial charge is 0.467 e. The summed E-state index contributed by atoms with van der Waals surface area (Å²) < 4.78 is 10.4. The number of nitrogens with zero attached hydrogens (tertiary/aromatic N) is 2. The number of benzene rings is 1. The molecule has 1 atom stereocenters. The molecule has 1 aliphatic rings. The summed E-state index contributed by atoms with van der Waals surface area (Å²) in [5.41, 5.74) is 1.62. The van der Waals surface area contributed by atoms with Gasteiger partial charge in [0.2, 0.25) is 0 Å².